The molecule has 0 spiro atoms. The highest BCUT2D eigenvalue weighted by atomic mass is 35.5. The first-order valence-corrected chi connectivity index (χ1v) is 40.7. The second-order valence-corrected chi connectivity index (χ2v) is 35.7. The maximum atomic E-state index is 12.5. The predicted octanol–water partition coefficient (Wildman–Crippen LogP) is 15.1. The highest BCUT2D eigenvalue weighted by Crippen LogP contribution is 2.48. The van der Waals surface area contributed by atoms with Crippen molar-refractivity contribution >= 4 is 89.8 Å². The lowest BCUT2D eigenvalue weighted by Crippen LogP contribution is -3.00. The third-order valence-corrected chi connectivity index (χ3v) is 21.5. The van der Waals surface area contributed by atoms with Crippen LogP contribution < -0.4 is 38.5 Å². The third kappa shape index (κ3) is 25.7. The smallest absolute Gasteiger partial charge is 0.343 e. The van der Waals surface area contributed by atoms with Crippen molar-refractivity contribution in [1.82, 2.24) is 20.2 Å². The van der Waals surface area contributed by atoms with E-state index in [2.05, 4.69) is 164 Å². The second-order valence-electron chi connectivity index (χ2n) is 33.6. The number of nitro groups is 1. The summed E-state index contributed by atoms with van der Waals surface area (Å²) < 4.78 is 32.6. The van der Waals surface area contributed by atoms with Crippen LogP contribution in [0.5, 0.6) is 0 Å². The van der Waals surface area contributed by atoms with Gasteiger partial charge < -0.3 is 42.0 Å². The van der Waals surface area contributed by atoms with Gasteiger partial charge in [-0.1, -0.05) is 182 Å². The lowest BCUT2D eigenvalue weighted by atomic mass is 9.81. The molecule has 0 unspecified atom stereocenters. The quantitative estimate of drug-likeness (QED) is 0.00968. The average molecular weight is 1620 g/mol. The molecule has 0 radical (unpaired) electrons. The number of hydrogen-bond donors (Lipinski definition) is 2. The van der Waals surface area contributed by atoms with Crippen molar-refractivity contribution in [3.63, 3.8) is 0 Å². The lowest BCUT2D eigenvalue weighted by Gasteiger charge is -2.27. The molecular weight excluding hydrogens is 1500 g/mol. The van der Waals surface area contributed by atoms with Crippen LogP contribution in [-0.4, -0.2) is 126 Å². The summed E-state index contributed by atoms with van der Waals surface area (Å²) in [5, 5.41) is 26.2. The van der Waals surface area contributed by atoms with Crippen LogP contribution >= 0.6 is 0 Å². The SMILES string of the molecule is CC(C)(C)C(=O)c1cc([N+](=O)[O-])[nH]n1.CC(C)(C)C(=O)c1ccc2c(c1)=NCN=2.CC(C)(C)C(=O)c1nc2ccccc2[nH]c1=O.CC(C)C(=O)CCCCCN1C(=CC=CC=CC2=[N+](C)c3ccccc3C2(C)C)C(C)(C)c2ccccc21.CC(C)C(=O)CCOCCCS(=O)(=O)c1ccc(N=Nc2ccc(N(C)C)cc2)cc1.[Cl-]. The fraction of sp³-hybridized carbons (Fsp3) is 0.418. The normalized spacial score (nSPS) is 14.3. The van der Waals surface area contributed by atoms with Gasteiger partial charge in [-0.25, -0.2) is 13.4 Å². The topological polar surface area (TPSA) is 305 Å². The molecular formula is C91H115ClN12O11S. The zero-order chi connectivity index (χ0) is 85.0. The van der Waals surface area contributed by atoms with E-state index in [4.69, 9.17) is 4.74 Å². The first-order valence-electron chi connectivity index (χ1n) is 39.1. The number of benzene rings is 6. The third-order valence-electron chi connectivity index (χ3n) is 19.7. The van der Waals surface area contributed by atoms with Gasteiger partial charge in [-0.05, 0) is 135 Å². The Bertz CT molecular complexity index is 5280. The van der Waals surface area contributed by atoms with Crippen LogP contribution in [0.4, 0.5) is 34.3 Å². The van der Waals surface area contributed by atoms with Gasteiger partial charge in [-0.2, -0.15) is 14.8 Å². The summed E-state index contributed by atoms with van der Waals surface area (Å²) in [5.41, 5.74) is 10.4. The van der Waals surface area contributed by atoms with E-state index in [1.165, 1.54) is 33.9 Å². The molecule has 5 heterocycles. The number of azo groups is 1. The van der Waals surface area contributed by atoms with Gasteiger partial charge >= 0.3 is 5.82 Å². The van der Waals surface area contributed by atoms with Crippen LogP contribution in [0.25, 0.3) is 11.0 Å². The number of nitrogens with zero attached hydrogens (tertiary/aromatic N) is 10. The van der Waals surface area contributed by atoms with E-state index in [-0.39, 0.29) is 91.5 Å². The van der Waals surface area contributed by atoms with E-state index in [1.54, 1.807) is 77.9 Å². The van der Waals surface area contributed by atoms with Gasteiger partial charge in [0.2, 0.25) is 5.69 Å². The number of carbonyl (C=O) groups is 5. The van der Waals surface area contributed by atoms with Gasteiger partial charge in [0.25, 0.3) is 5.56 Å². The summed E-state index contributed by atoms with van der Waals surface area (Å²) >= 11 is 0. The van der Waals surface area contributed by atoms with Gasteiger partial charge in [-0.15, -0.1) is 5.10 Å². The van der Waals surface area contributed by atoms with Crippen molar-refractivity contribution in [2.24, 2.45) is 48.3 Å². The number of ether oxygens (including phenoxy) is 1. The molecule has 0 atom stereocenters. The number of Topliss-reactive ketones (excluding diaryl/α,β-unsaturated/α-hetero) is 5. The summed E-state index contributed by atoms with van der Waals surface area (Å²) in [6, 6.07) is 45.3. The number of fused-ring (bicyclic) bond motifs is 4. The van der Waals surface area contributed by atoms with E-state index in [1.807, 2.05) is 122 Å². The number of sulfone groups is 1. The molecule has 0 saturated carbocycles. The van der Waals surface area contributed by atoms with E-state index >= 15 is 0 Å². The summed E-state index contributed by atoms with van der Waals surface area (Å²) in [6.07, 6.45) is 15.6. The average Bonchev–Trinajstić information content (AvgIpc) is 1.61. The van der Waals surface area contributed by atoms with Crippen molar-refractivity contribution in [1.29, 1.82) is 0 Å². The molecule has 0 fully saturated rings. The van der Waals surface area contributed by atoms with Gasteiger partial charge in [-0.3, -0.25) is 38.8 Å². The number of anilines is 2. The Balaban J connectivity index is 0.000000238. The van der Waals surface area contributed by atoms with Crippen LogP contribution in [0.3, 0.4) is 0 Å². The minimum absolute atomic E-state index is 0. The first-order chi connectivity index (χ1) is 53.9. The van der Waals surface area contributed by atoms with Crippen molar-refractivity contribution in [3.8, 4) is 0 Å². The highest BCUT2D eigenvalue weighted by Gasteiger charge is 2.43. The number of aromatic amines is 2. The molecule has 8 aromatic rings. The minimum Gasteiger partial charge on any atom is -1.00 e. The van der Waals surface area contributed by atoms with Crippen molar-refractivity contribution < 1.29 is 59.0 Å². The van der Waals surface area contributed by atoms with Crippen molar-refractivity contribution in [3.05, 3.63) is 241 Å². The number of unbranched alkanes of at least 4 members (excludes halogenated alkanes) is 2. The molecule has 11 rings (SSSR count). The number of carbonyl (C=O) groups excluding carboxylic acids is 5. The molecule has 2 N–H and O–H groups in total. The molecule has 23 nitrogen and oxygen atoms in total. The molecule has 0 bridgehead atoms. The molecule has 0 saturated heterocycles. The van der Waals surface area contributed by atoms with E-state index < -0.39 is 31.1 Å². The van der Waals surface area contributed by atoms with Gasteiger partial charge in [0.05, 0.1) is 61.9 Å². The Hall–Kier alpha value is -10.7. The van der Waals surface area contributed by atoms with Crippen molar-refractivity contribution in [2.45, 2.75) is 172 Å². The molecule has 116 heavy (non-hydrogen) atoms. The summed E-state index contributed by atoms with van der Waals surface area (Å²) in [4.78, 5) is 101. The van der Waals surface area contributed by atoms with Crippen LogP contribution in [0.2, 0.25) is 0 Å². The van der Waals surface area contributed by atoms with Crippen molar-refractivity contribution in [2.75, 3.05) is 63.1 Å². The molecule has 6 aromatic carbocycles. The summed E-state index contributed by atoms with van der Waals surface area (Å²) in [7, 11) is 2.70. The monoisotopic (exact) mass is 1620 g/mol. The summed E-state index contributed by atoms with van der Waals surface area (Å²) in [6.45, 7) is 35.3. The fourth-order valence-electron chi connectivity index (χ4n) is 12.8. The number of para-hydroxylation sites is 4. The molecule has 25 heteroatoms. The molecule has 618 valence electrons. The number of hydrogen-bond acceptors (Lipinski definition) is 19. The lowest BCUT2D eigenvalue weighted by molar-refractivity contribution is -0.401. The predicted molar refractivity (Wildman–Crippen MR) is 458 cm³/mol. The first kappa shape index (κ1) is 94.2. The zero-order valence-electron chi connectivity index (χ0n) is 70.9. The van der Waals surface area contributed by atoms with Gasteiger partial charge in [0.15, 0.2) is 44.3 Å². The largest absolute Gasteiger partial charge is 1.00 e. The fourth-order valence-corrected chi connectivity index (χ4v) is 14.0. The number of allylic oxidation sites excluding steroid dienone is 6. The van der Waals surface area contributed by atoms with Crippen LogP contribution in [0, 0.1) is 38.2 Å². The van der Waals surface area contributed by atoms with Gasteiger partial charge in [0.1, 0.15) is 25.3 Å². The standard InChI is InChI=1S/C35H45N2O.C23H31N3O4S.C13H14N2O2.C12H14N2O.C8H11N3O3.ClH/c1-26(2)31(38)22-10-9-17-25-37-30-21-16-14-19-28(30)35(5,6)33(37)24-12-8-11-23-32-34(3,4)27-18-13-15-20-29(27)36(32)7;1-18(2)23(27)14-16-30-15-5-17-31(28,29)22-12-8-20(9-13-22)25-24-19-6-10-21(11-7-19)26(3)4;1-13(2,3)11(16)10-12(17)15-9-7-5-4-6-8(9)14-10;1-12(2,3)11(15)8-4-5-9-10(6-8)14-7-13-9;1-8(2,3)7(12)5-4-6(10-9-5)11(13)14;/h8,11-16,18-21,23-24,26H,9-10,17,22,25H2,1-7H3;6-13,18H,5,14-17H2,1-4H3;4-7H,1-3H3,(H,15,17);4-6H,7H2,1-3H3;4H,1-3H3,(H,9,10);1H/q+1;;;;;/p-1. The Labute approximate surface area is 689 Å². The number of rotatable bonds is 26. The van der Waals surface area contributed by atoms with E-state index in [0.29, 0.717) is 61.6 Å². The minimum atomic E-state index is -3.40. The number of H-pyrrole nitrogens is 2. The molecule has 2 aromatic heterocycles. The number of halogens is 1. The second kappa shape index (κ2) is 41.2. The Kier molecular flexibility index (Phi) is 33.5. The number of nitrogens with one attached hydrogen (secondary N) is 2. The Morgan fingerprint density at radius 2 is 1.24 bits per heavy atom. The van der Waals surface area contributed by atoms with E-state index in [0.717, 1.165) is 59.5 Å². The number of aromatic nitrogens is 4. The zero-order valence-corrected chi connectivity index (χ0v) is 72.5. The van der Waals surface area contributed by atoms with Crippen LogP contribution in [0.15, 0.2) is 212 Å². The maximum Gasteiger partial charge on any atom is 0.343 e. The van der Waals surface area contributed by atoms with E-state index in [9.17, 15) is 47.3 Å². The summed E-state index contributed by atoms with van der Waals surface area (Å²) in [5.74, 6) is 0.0718. The molecule has 0 amide bonds. The number of ketones is 5. The Morgan fingerprint density at radius 1 is 0.664 bits per heavy atom. The van der Waals surface area contributed by atoms with Crippen LogP contribution in [-0.2, 0) is 35.0 Å². The van der Waals surface area contributed by atoms with Crippen LogP contribution in [0.1, 0.15) is 199 Å². The highest BCUT2D eigenvalue weighted by molar-refractivity contribution is 7.91. The molecule has 0 aliphatic carbocycles. The maximum absolute atomic E-state index is 12.5. The Morgan fingerprint density at radius 3 is 1.84 bits per heavy atom. The molecule has 3 aliphatic rings. The van der Waals surface area contributed by atoms with Gasteiger partial charge in [0, 0.05) is 114 Å². The molecule has 3 aliphatic heterocycles.